The molecular formula is C22H22ClN3O3. The summed E-state index contributed by atoms with van der Waals surface area (Å²) in [7, 11) is 0. The van der Waals surface area contributed by atoms with E-state index in [9.17, 15) is 14.7 Å². The van der Waals surface area contributed by atoms with E-state index in [1.807, 2.05) is 30.3 Å². The first-order chi connectivity index (χ1) is 13.9. The molecule has 3 aromatic rings. The average Bonchev–Trinajstić information content (AvgIpc) is 2.71. The third kappa shape index (κ3) is 4.33. The van der Waals surface area contributed by atoms with Crippen LogP contribution in [0.15, 0.2) is 59.7 Å². The third-order valence-electron chi connectivity index (χ3n) is 5.50. The first kappa shape index (κ1) is 19.6. The van der Waals surface area contributed by atoms with E-state index < -0.39 is 5.60 Å². The van der Waals surface area contributed by atoms with Gasteiger partial charge in [0, 0.05) is 18.1 Å². The second-order valence-corrected chi connectivity index (χ2v) is 8.04. The number of hydrogen-bond acceptors (Lipinski definition) is 4. The van der Waals surface area contributed by atoms with Crippen LogP contribution in [-0.4, -0.2) is 44.2 Å². The Bertz CT molecular complexity index is 1090. The monoisotopic (exact) mass is 411 g/mol. The van der Waals surface area contributed by atoms with Gasteiger partial charge in [-0.2, -0.15) is 0 Å². The number of aliphatic hydroxyl groups is 1. The van der Waals surface area contributed by atoms with Crippen LogP contribution in [-0.2, 0) is 17.8 Å². The van der Waals surface area contributed by atoms with Crippen molar-refractivity contribution in [3.8, 4) is 0 Å². The minimum Gasteiger partial charge on any atom is -0.388 e. The van der Waals surface area contributed by atoms with E-state index in [1.165, 1.54) is 10.9 Å². The summed E-state index contributed by atoms with van der Waals surface area (Å²) < 4.78 is 1.44. The fraction of sp³-hybridized carbons (Fsp3) is 0.318. The number of rotatable bonds is 4. The molecule has 4 rings (SSSR count). The zero-order chi connectivity index (χ0) is 20.4. The van der Waals surface area contributed by atoms with E-state index >= 15 is 0 Å². The van der Waals surface area contributed by atoms with Crippen molar-refractivity contribution in [1.29, 1.82) is 0 Å². The first-order valence-electron chi connectivity index (χ1n) is 9.62. The Labute approximate surface area is 173 Å². The maximum Gasteiger partial charge on any atom is 0.261 e. The van der Waals surface area contributed by atoms with Gasteiger partial charge in [0.2, 0.25) is 5.91 Å². The van der Waals surface area contributed by atoms with Gasteiger partial charge in [0.25, 0.3) is 5.56 Å². The Hall–Kier alpha value is -2.70. The van der Waals surface area contributed by atoms with Crippen LogP contribution in [0.25, 0.3) is 10.9 Å². The van der Waals surface area contributed by atoms with E-state index in [-0.39, 0.29) is 18.0 Å². The van der Waals surface area contributed by atoms with E-state index in [2.05, 4.69) is 4.98 Å². The molecule has 1 aromatic heterocycles. The topological polar surface area (TPSA) is 75.4 Å². The molecule has 0 unspecified atom stereocenters. The van der Waals surface area contributed by atoms with Gasteiger partial charge >= 0.3 is 0 Å². The maximum absolute atomic E-state index is 12.7. The highest BCUT2D eigenvalue weighted by Gasteiger charge is 2.34. The molecule has 0 radical (unpaired) electrons. The van der Waals surface area contributed by atoms with E-state index in [0.29, 0.717) is 48.3 Å². The molecule has 0 spiro atoms. The molecule has 1 aliphatic rings. The van der Waals surface area contributed by atoms with Crippen LogP contribution in [0.5, 0.6) is 0 Å². The van der Waals surface area contributed by atoms with E-state index in [1.54, 1.807) is 23.1 Å². The largest absolute Gasteiger partial charge is 0.388 e. The van der Waals surface area contributed by atoms with Gasteiger partial charge in [-0.15, -0.1) is 0 Å². The summed E-state index contributed by atoms with van der Waals surface area (Å²) in [6.45, 7) is 1.08. The number of carbonyl (C=O) groups excluding carboxylic acids is 1. The summed E-state index contributed by atoms with van der Waals surface area (Å²) in [6.07, 6.45) is 2.64. The average molecular weight is 412 g/mol. The number of fused-ring (bicyclic) bond motifs is 1. The van der Waals surface area contributed by atoms with Crippen LogP contribution >= 0.6 is 11.6 Å². The fourth-order valence-corrected chi connectivity index (χ4v) is 3.94. The minimum absolute atomic E-state index is 0.0552. The van der Waals surface area contributed by atoms with Crippen LogP contribution in [0.1, 0.15) is 18.4 Å². The summed E-state index contributed by atoms with van der Waals surface area (Å²) in [4.78, 5) is 31.3. The van der Waals surface area contributed by atoms with Crippen molar-refractivity contribution in [2.45, 2.75) is 31.4 Å². The van der Waals surface area contributed by atoms with Crippen molar-refractivity contribution in [2.75, 3.05) is 13.1 Å². The highest BCUT2D eigenvalue weighted by atomic mass is 35.5. The van der Waals surface area contributed by atoms with Crippen LogP contribution in [0.3, 0.4) is 0 Å². The van der Waals surface area contributed by atoms with Gasteiger partial charge in [-0.1, -0.05) is 41.9 Å². The number of aromatic nitrogens is 2. The van der Waals surface area contributed by atoms with Crippen LogP contribution in [0, 0.1) is 0 Å². The zero-order valence-corrected chi connectivity index (χ0v) is 16.7. The quantitative estimate of drug-likeness (QED) is 0.716. The zero-order valence-electron chi connectivity index (χ0n) is 15.9. The molecule has 29 heavy (non-hydrogen) atoms. The van der Waals surface area contributed by atoms with Crippen LogP contribution < -0.4 is 5.56 Å². The van der Waals surface area contributed by atoms with Crippen molar-refractivity contribution in [3.63, 3.8) is 0 Å². The molecule has 1 saturated heterocycles. The first-order valence-corrected chi connectivity index (χ1v) is 10.0. The Morgan fingerprint density at radius 1 is 1.14 bits per heavy atom. The third-order valence-corrected chi connectivity index (χ3v) is 5.73. The summed E-state index contributed by atoms with van der Waals surface area (Å²) in [5.41, 5.74) is 0.261. The lowest BCUT2D eigenvalue weighted by molar-refractivity contribution is -0.135. The van der Waals surface area contributed by atoms with E-state index in [4.69, 9.17) is 11.6 Å². The van der Waals surface area contributed by atoms with Gasteiger partial charge in [-0.25, -0.2) is 4.98 Å². The Morgan fingerprint density at radius 3 is 2.59 bits per heavy atom. The minimum atomic E-state index is -1.05. The van der Waals surface area contributed by atoms with Crippen LogP contribution in [0.4, 0.5) is 0 Å². The standard InChI is InChI=1S/C22H22ClN3O3/c23-17-6-7-18-19(13-17)24-15-26(21(18)28)14-22(29)8-10-25(11-9-22)20(27)12-16-4-2-1-3-5-16/h1-7,13,15,29H,8-12,14H2. The molecular weight excluding hydrogens is 390 g/mol. The molecule has 7 heteroatoms. The van der Waals surface area contributed by atoms with E-state index in [0.717, 1.165) is 5.56 Å². The summed E-state index contributed by atoms with van der Waals surface area (Å²) >= 11 is 5.96. The molecule has 2 heterocycles. The number of piperidine rings is 1. The number of likely N-dealkylation sites (tertiary alicyclic amines) is 1. The van der Waals surface area contributed by atoms with Crippen molar-refractivity contribution >= 4 is 28.4 Å². The van der Waals surface area contributed by atoms with Gasteiger partial charge in [0.15, 0.2) is 0 Å². The number of halogens is 1. The summed E-state index contributed by atoms with van der Waals surface area (Å²) in [5.74, 6) is 0.0552. The molecule has 6 nitrogen and oxygen atoms in total. The number of amides is 1. The van der Waals surface area contributed by atoms with Crippen molar-refractivity contribution < 1.29 is 9.90 Å². The van der Waals surface area contributed by atoms with Gasteiger partial charge in [-0.05, 0) is 36.6 Å². The SMILES string of the molecule is O=C(Cc1ccccc1)N1CCC(O)(Cn2cnc3cc(Cl)ccc3c2=O)CC1. The lowest BCUT2D eigenvalue weighted by atomic mass is 9.91. The molecule has 150 valence electrons. The Kier molecular flexibility index (Phi) is 5.39. The number of carbonyl (C=O) groups is 1. The Morgan fingerprint density at radius 2 is 1.86 bits per heavy atom. The fourth-order valence-electron chi connectivity index (χ4n) is 3.77. The lowest BCUT2D eigenvalue weighted by Crippen LogP contribution is -2.50. The number of nitrogens with zero attached hydrogens (tertiary/aromatic N) is 3. The molecule has 1 amide bonds. The molecule has 2 aromatic carbocycles. The predicted molar refractivity (Wildman–Crippen MR) is 112 cm³/mol. The van der Waals surface area contributed by atoms with Crippen molar-refractivity contribution in [1.82, 2.24) is 14.5 Å². The van der Waals surface area contributed by atoms with Gasteiger partial charge < -0.3 is 10.0 Å². The van der Waals surface area contributed by atoms with Gasteiger partial charge in [-0.3, -0.25) is 14.2 Å². The molecule has 1 N–H and O–H groups in total. The van der Waals surface area contributed by atoms with Crippen molar-refractivity contribution in [3.05, 3.63) is 75.8 Å². The number of benzene rings is 2. The smallest absolute Gasteiger partial charge is 0.261 e. The molecule has 1 fully saturated rings. The Balaban J connectivity index is 1.43. The summed E-state index contributed by atoms with van der Waals surface area (Å²) in [5, 5.41) is 12.0. The normalized spacial score (nSPS) is 16.1. The highest BCUT2D eigenvalue weighted by Crippen LogP contribution is 2.24. The predicted octanol–water partition coefficient (Wildman–Crippen LogP) is 2.65. The second kappa shape index (κ2) is 7.97. The van der Waals surface area contributed by atoms with Gasteiger partial charge in [0.1, 0.15) is 0 Å². The molecule has 0 bridgehead atoms. The molecule has 0 atom stereocenters. The summed E-state index contributed by atoms with van der Waals surface area (Å²) in [6, 6.07) is 14.6. The van der Waals surface area contributed by atoms with Crippen LogP contribution in [0.2, 0.25) is 5.02 Å². The highest BCUT2D eigenvalue weighted by molar-refractivity contribution is 6.31. The lowest BCUT2D eigenvalue weighted by Gasteiger charge is -2.38. The molecule has 1 aliphatic heterocycles. The molecule has 0 aliphatic carbocycles. The second-order valence-electron chi connectivity index (χ2n) is 7.61. The maximum atomic E-state index is 12.7. The molecule has 0 saturated carbocycles. The number of hydrogen-bond donors (Lipinski definition) is 1. The van der Waals surface area contributed by atoms with Crippen molar-refractivity contribution in [2.24, 2.45) is 0 Å². The van der Waals surface area contributed by atoms with Gasteiger partial charge in [0.05, 0.1) is 35.8 Å².